The van der Waals surface area contributed by atoms with Crippen LogP contribution in [0, 0.1) is 11.8 Å². The van der Waals surface area contributed by atoms with Crippen LogP contribution in [0.25, 0.3) is 0 Å². The molecular weight excluding hydrogens is 467 g/mol. The molecule has 1 aromatic heterocycles. The third-order valence-electron chi connectivity index (χ3n) is 4.72. The summed E-state index contributed by atoms with van der Waals surface area (Å²) in [5.74, 6) is -1.57. The Morgan fingerprint density at radius 2 is 1.77 bits per heavy atom. The van der Waals surface area contributed by atoms with E-state index in [4.69, 9.17) is 26.2 Å². The number of hydrogen-bond acceptors (Lipinski definition) is 6. The number of carbonyl (C=O) groups is 2. The zero-order chi connectivity index (χ0) is 23.2. The van der Waals surface area contributed by atoms with Gasteiger partial charge in [0.05, 0.1) is 13.2 Å². The maximum absolute atomic E-state index is 12.2. The molecule has 1 amide bonds. The fourth-order valence-electron chi connectivity index (χ4n) is 2.90. The summed E-state index contributed by atoms with van der Waals surface area (Å²) in [6, 6.07) is 3.01. The number of nitrogens with zero attached hydrogens (tertiary/aromatic N) is 3. The van der Waals surface area contributed by atoms with Crippen LogP contribution in [0.3, 0.4) is 0 Å². The molecule has 3 aliphatic rings. The molecule has 1 N–H and O–H groups in total. The first kappa shape index (κ1) is 25.3. The van der Waals surface area contributed by atoms with Crippen LogP contribution >= 0.6 is 11.6 Å². The lowest BCUT2D eigenvalue weighted by Crippen LogP contribution is -2.34. The number of amides is 1. The van der Waals surface area contributed by atoms with Gasteiger partial charge in [-0.1, -0.05) is 11.6 Å². The average molecular weight is 488 g/mol. The van der Waals surface area contributed by atoms with E-state index in [2.05, 4.69) is 4.98 Å². The van der Waals surface area contributed by atoms with Crippen LogP contribution < -0.4 is 0 Å². The van der Waals surface area contributed by atoms with Gasteiger partial charge in [-0.25, -0.2) is 18.2 Å². The van der Waals surface area contributed by atoms with E-state index in [0.29, 0.717) is 43.3 Å². The van der Waals surface area contributed by atoms with Crippen LogP contribution in [-0.4, -0.2) is 85.7 Å². The van der Waals surface area contributed by atoms with Crippen LogP contribution in [0.2, 0.25) is 5.15 Å². The van der Waals surface area contributed by atoms with E-state index in [-0.39, 0.29) is 4.90 Å². The number of ether oxygens (including phenoxy) is 1. The molecule has 2 atom stereocenters. The molecule has 2 saturated heterocycles. The lowest BCUT2D eigenvalue weighted by molar-refractivity contribution is -0.192. The van der Waals surface area contributed by atoms with E-state index in [0.717, 1.165) is 19.5 Å². The number of rotatable bonds is 3. The lowest BCUT2D eigenvalue weighted by Gasteiger charge is -2.21. The van der Waals surface area contributed by atoms with Gasteiger partial charge in [-0.3, -0.25) is 4.79 Å². The molecule has 14 heteroatoms. The molecule has 2 aliphatic heterocycles. The number of pyridine rings is 1. The molecule has 1 aromatic rings. The molecule has 0 radical (unpaired) electrons. The first-order valence-corrected chi connectivity index (χ1v) is 11.0. The minimum Gasteiger partial charge on any atom is -0.475 e. The number of morpholine rings is 1. The fourth-order valence-corrected chi connectivity index (χ4v) is 4.51. The molecule has 1 saturated carbocycles. The molecule has 0 spiro atoms. The summed E-state index contributed by atoms with van der Waals surface area (Å²) in [5.41, 5.74) is 0. The van der Waals surface area contributed by atoms with E-state index in [1.165, 1.54) is 24.8 Å². The Bertz CT molecular complexity index is 853. The summed E-state index contributed by atoms with van der Waals surface area (Å²) >= 11 is 5.63. The molecule has 1 aliphatic carbocycles. The predicted molar refractivity (Wildman–Crippen MR) is 102 cm³/mol. The number of fused-ring (bicyclic) bond motifs is 1. The molecule has 2 unspecified atom stereocenters. The highest BCUT2D eigenvalue weighted by Crippen LogP contribution is 2.46. The van der Waals surface area contributed by atoms with Crippen molar-refractivity contribution in [2.45, 2.75) is 17.5 Å². The zero-order valence-corrected chi connectivity index (χ0v) is 17.7. The van der Waals surface area contributed by atoms with Crippen molar-refractivity contribution in [1.82, 2.24) is 14.2 Å². The van der Waals surface area contributed by atoms with E-state index in [1.54, 1.807) is 9.21 Å². The molecule has 3 fully saturated rings. The third kappa shape index (κ3) is 7.59. The molecule has 174 valence electrons. The highest BCUT2D eigenvalue weighted by molar-refractivity contribution is 7.89. The van der Waals surface area contributed by atoms with E-state index >= 15 is 0 Å². The van der Waals surface area contributed by atoms with Gasteiger partial charge in [0, 0.05) is 32.4 Å². The number of carbonyl (C=O) groups excluding carboxylic acids is 1. The summed E-state index contributed by atoms with van der Waals surface area (Å²) < 4.78 is 62.6. The van der Waals surface area contributed by atoms with Crippen molar-refractivity contribution in [2.24, 2.45) is 11.8 Å². The molecule has 0 aromatic carbocycles. The zero-order valence-electron chi connectivity index (χ0n) is 16.2. The summed E-state index contributed by atoms with van der Waals surface area (Å²) in [6.07, 6.45) is -1.71. The van der Waals surface area contributed by atoms with Crippen LogP contribution in [-0.2, 0) is 24.3 Å². The minimum absolute atomic E-state index is 0.234. The number of halogens is 4. The second-order valence-corrected chi connectivity index (χ2v) is 9.28. The highest BCUT2D eigenvalue weighted by atomic mass is 35.5. The normalized spacial score (nSPS) is 22.9. The van der Waals surface area contributed by atoms with Crippen LogP contribution in [0.4, 0.5) is 13.2 Å². The Balaban J connectivity index is 0.000000192. The number of aliphatic carboxylic acids is 1. The first-order valence-electron chi connectivity index (χ1n) is 9.14. The van der Waals surface area contributed by atoms with E-state index in [1.807, 2.05) is 0 Å². The number of piperidine rings is 1. The van der Waals surface area contributed by atoms with Gasteiger partial charge in [0.1, 0.15) is 10.0 Å². The second kappa shape index (κ2) is 10.6. The SMILES string of the molecule is O=C(O)C(F)(F)F.O=CN1CCOCC1.O=S(=O)(c1ccc(Cl)nc1)N1CC2CC2C1. The van der Waals surface area contributed by atoms with Gasteiger partial charge in [-0.2, -0.15) is 17.5 Å². The largest absolute Gasteiger partial charge is 0.490 e. The van der Waals surface area contributed by atoms with Crippen molar-refractivity contribution < 1.29 is 41.0 Å². The fraction of sp³-hybridized carbons (Fsp3) is 0.588. The molecule has 0 bridgehead atoms. The predicted octanol–water partition coefficient (Wildman–Crippen LogP) is 1.48. The molecule has 3 heterocycles. The second-order valence-electron chi connectivity index (χ2n) is 6.95. The molecule has 4 rings (SSSR count). The topological polar surface area (TPSA) is 117 Å². The average Bonchev–Trinajstić information content (AvgIpc) is 3.34. The molecule has 31 heavy (non-hydrogen) atoms. The Hall–Kier alpha value is -1.96. The molecular formula is C17H21ClF3N3O6S. The highest BCUT2D eigenvalue weighted by Gasteiger charge is 2.49. The van der Waals surface area contributed by atoms with Crippen molar-refractivity contribution in [3.05, 3.63) is 23.5 Å². The Labute approximate surface area is 181 Å². The van der Waals surface area contributed by atoms with Crippen LogP contribution in [0.5, 0.6) is 0 Å². The summed E-state index contributed by atoms with van der Waals surface area (Å²) in [7, 11) is -3.35. The van der Waals surface area contributed by atoms with Gasteiger partial charge in [-0.15, -0.1) is 0 Å². The monoisotopic (exact) mass is 487 g/mol. The quantitative estimate of drug-likeness (QED) is 0.507. The summed E-state index contributed by atoms with van der Waals surface area (Å²) in [6.45, 7) is 4.22. The van der Waals surface area contributed by atoms with Crippen molar-refractivity contribution in [3.63, 3.8) is 0 Å². The number of aromatic nitrogens is 1. The van der Waals surface area contributed by atoms with E-state index in [9.17, 15) is 26.4 Å². The minimum atomic E-state index is -5.08. The van der Waals surface area contributed by atoms with Crippen molar-refractivity contribution >= 4 is 34.0 Å². The van der Waals surface area contributed by atoms with Crippen LogP contribution in [0.15, 0.2) is 23.2 Å². The standard InChI is InChI=1S/C10H11ClN2O2S.C5H9NO2.C2HF3O2/c11-10-2-1-9(4-12-10)16(14,15)13-5-7-3-8(7)6-13;7-5-6-1-3-8-4-2-6;3-2(4,5)1(6)7/h1-2,4,7-8H,3,5-6H2;5H,1-4H2;(H,6,7). The number of sulfonamides is 1. The van der Waals surface area contributed by atoms with Gasteiger partial charge in [0.25, 0.3) is 0 Å². The van der Waals surface area contributed by atoms with Crippen LogP contribution in [0.1, 0.15) is 6.42 Å². The van der Waals surface area contributed by atoms with Gasteiger partial charge in [-0.05, 0) is 30.4 Å². The van der Waals surface area contributed by atoms with Gasteiger partial charge in [0.15, 0.2) is 0 Å². The Morgan fingerprint density at radius 1 is 1.23 bits per heavy atom. The Kier molecular flexibility index (Phi) is 8.63. The lowest BCUT2D eigenvalue weighted by atomic mass is 10.4. The van der Waals surface area contributed by atoms with Crippen molar-refractivity contribution in [3.8, 4) is 0 Å². The number of alkyl halides is 3. The number of carboxylic acids is 1. The summed E-state index contributed by atoms with van der Waals surface area (Å²) in [4.78, 5) is 24.7. The maximum Gasteiger partial charge on any atom is 0.490 e. The summed E-state index contributed by atoms with van der Waals surface area (Å²) in [5, 5.41) is 7.43. The number of hydrogen-bond donors (Lipinski definition) is 1. The molecule has 9 nitrogen and oxygen atoms in total. The first-order chi connectivity index (χ1) is 14.4. The third-order valence-corrected chi connectivity index (χ3v) is 6.76. The van der Waals surface area contributed by atoms with Gasteiger partial charge in [0.2, 0.25) is 16.4 Å². The smallest absolute Gasteiger partial charge is 0.475 e. The van der Waals surface area contributed by atoms with Gasteiger partial charge < -0.3 is 14.7 Å². The van der Waals surface area contributed by atoms with E-state index < -0.39 is 22.2 Å². The van der Waals surface area contributed by atoms with Crippen molar-refractivity contribution in [2.75, 3.05) is 39.4 Å². The van der Waals surface area contributed by atoms with Gasteiger partial charge >= 0.3 is 12.1 Å². The van der Waals surface area contributed by atoms with Crippen molar-refractivity contribution in [1.29, 1.82) is 0 Å². The number of carboxylic acid groups (broad SMARTS) is 1. The Morgan fingerprint density at radius 3 is 2.16 bits per heavy atom. The maximum atomic E-state index is 12.2.